The number of ether oxygens (including phenoxy) is 1. The lowest BCUT2D eigenvalue weighted by Crippen LogP contribution is -2.20. The van der Waals surface area contributed by atoms with Gasteiger partial charge in [-0.15, -0.1) is 0 Å². The SMILES string of the molecule is CNCc1cccnc1N(C)Cc1cccc(OC)c1. The fourth-order valence-electron chi connectivity index (χ4n) is 2.22. The number of methoxy groups -OCH3 is 1. The Morgan fingerprint density at radius 2 is 2.10 bits per heavy atom. The van der Waals surface area contributed by atoms with Gasteiger partial charge >= 0.3 is 0 Å². The monoisotopic (exact) mass is 271 g/mol. The Balaban J connectivity index is 2.17. The van der Waals surface area contributed by atoms with Crippen LogP contribution >= 0.6 is 0 Å². The second-order valence-electron chi connectivity index (χ2n) is 4.72. The van der Waals surface area contributed by atoms with Crippen LogP contribution in [0.3, 0.4) is 0 Å². The van der Waals surface area contributed by atoms with Crippen LogP contribution in [0.1, 0.15) is 11.1 Å². The Hall–Kier alpha value is -2.07. The minimum atomic E-state index is 0.797. The van der Waals surface area contributed by atoms with E-state index in [4.69, 9.17) is 4.74 Å². The Morgan fingerprint density at radius 1 is 1.25 bits per heavy atom. The fraction of sp³-hybridized carbons (Fsp3) is 0.312. The van der Waals surface area contributed by atoms with E-state index < -0.39 is 0 Å². The largest absolute Gasteiger partial charge is 0.497 e. The van der Waals surface area contributed by atoms with Gasteiger partial charge in [0.25, 0.3) is 0 Å². The topological polar surface area (TPSA) is 37.4 Å². The molecule has 2 aromatic rings. The molecule has 0 amide bonds. The molecule has 0 atom stereocenters. The molecule has 0 saturated carbocycles. The van der Waals surface area contributed by atoms with E-state index in [9.17, 15) is 0 Å². The molecule has 2 rings (SSSR count). The van der Waals surface area contributed by atoms with E-state index >= 15 is 0 Å². The quantitative estimate of drug-likeness (QED) is 0.875. The van der Waals surface area contributed by atoms with Crippen LogP contribution < -0.4 is 15.0 Å². The Kier molecular flexibility index (Phi) is 4.96. The first kappa shape index (κ1) is 14.3. The first-order valence-corrected chi connectivity index (χ1v) is 6.67. The van der Waals surface area contributed by atoms with E-state index in [1.54, 1.807) is 7.11 Å². The summed E-state index contributed by atoms with van der Waals surface area (Å²) in [4.78, 5) is 6.64. The van der Waals surface area contributed by atoms with Crippen molar-refractivity contribution in [3.63, 3.8) is 0 Å². The predicted octanol–water partition coefficient (Wildman–Crippen LogP) is 2.45. The molecule has 1 heterocycles. The average Bonchev–Trinajstić information content (AvgIpc) is 2.48. The summed E-state index contributed by atoms with van der Waals surface area (Å²) >= 11 is 0. The molecule has 0 fully saturated rings. The van der Waals surface area contributed by atoms with Crippen LogP contribution in [0, 0.1) is 0 Å². The fourth-order valence-corrected chi connectivity index (χ4v) is 2.22. The highest BCUT2D eigenvalue weighted by Gasteiger charge is 2.09. The molecule has 1 aromatic carbocycles. The lowest BCUT2D eigenvalue weighted by molar-refractivity contribution is 0.414. The molecule has 0 unspecified atom stereocenters. The summed E-state index contributed by atoms with van der Waals surface area (Å²) in [6.45, 7) is 1.61. The van der Waals surface area contributed by atoms with Crippen LogP contribution in [0.5, 0.6) is 5.75 Å². The number of hydrogen-bond acceptors (Lipinski definition) is 4. The highest BCUT2D eigenvalue weighted by molar-refractivity contribution is 5.47. The zero-order valence-electron chi connectivity index (χ0n) is 12.3. The number of nitrogens with one attached hydrogen (secondary N) is 1. The van der Waals surface area contributed by atoms with Crippen LogP contribution in [0.2, 0.25) is 0 Å². The van der Waals surface area contributed by atoms with E-state index in [1.807, 2.05) is 31.4 Å². The van der Waals surface area contributed by atoms with E-state index in [1.165, 1.54) is 11.1 Å². The first-order chi connectivity index (χ1) is 9.74. The molecule has 0 radical (unpaired) electrons. The van der Waals surface area contributed by atoms with Crippen LogP contribution in [0.15, 0.2) is 42.6 Å². The lowest BCUT2D eigenvalue weighted by Gasteiger charge is -2.21. The third-order valence-corrected chi connectivity index (χ3v) is 3.15. The molecule has 1 aromatic heterocycles. The molecule has 106 valence electrons. The molecule has 0 aliphatic carbocycles. The summed E-state index contributed by atoms with van der Waals surface area (Å²) in [7, 11) is 5.69. The number of aromatic nitrogens is 1. The van der Waals surface area contributed by atoms with Crippen molar-refractivity contribution >= 4 is 5.82 Å². The molecule has 4 nitrogen and oxygen atoms in total. The molecule has 0 aliphatic heterocycles. The molecule has 0 bridgehead atoms. The van der Waals surface area contributed by atoms with Gasteiger partial charge in [0.05, 0.1) is 7.11 Å². The van der Waals surface area contributed by atoms with Gasteiger partial charge in [0.1, 0.15) is 11.6 Å². The standard InChI is InChI=1S/C16H21N3O/c1-17-11-14-7-5-9-18-16(14)19(2)12-13-6-4-8-15(10-13)20-3/h4-10,17H,11-12H2,1-3H3. The predicted molar refractivity (Wildman–Crippen MR) is 82.1 cm³/mol. The molecule has 20 heavy (non-hydrogen) atoms. The molecule has 1 N–H and O–H groups in total. The van der Waals surface area contributed by atoms with Gasteiger partial charge in [0.15, 0.2) is 0 Å². The Bertz CT molecular complexity index is 557. The van der Waals surface area contributed by atoms with Crippen LogP contribution in [0.4, 0.5) is 5.82 Å². The molecular weight excluding hydrogens is 250 g/mol. The normalized spacial score (nSPS) is 10.3. The minimum Gasteiger partial charge on any atom is -0.497 e. The maximum Gasteiger partial charge on any atom is 0.133 e. The zero-order valence-corrected chi connectivity index (χ0v) is 12.3. The van der Waals surface area contributed by atoms with Gasteiger partial charge in [-0.25, -0.2) is 4.98 Å². The summed E-state index contributed by atoms with van der Waals surface area (Å²) in [6.07, 6.45) is 1.83. The average molecular weight is 271 g/mol. The number of rotatable bonds is 6. The second-order valence-corrected chi connectivity index (χ2v) is 4.72. The van der Waals surface area contributed by atoms with Gasteiger partial charge in [-0.2, -0.15) is 0 Å². The molecular formula is C16H21N3O. The minimum absolute atomic E-state index is 0.797. The van der Waals surface area contributed by atoms with Gasteiger partial charge < -0.3 is 15.0 Å². The van der Waals surface area contributed by atoms with Crippen LogP contribution in [-0.2, 0) is 13.1 Å². The number of nitrogens with zero attached hydrogens (tertiary/aromatic N) is 2. The smallest absolute Gasteiger partial charge is 0.133 e. The summed E-state index contributed by atoms with van der Waals surface area (Å²) in [6, 6.07) is 12.2. The van der Waals surface area contributed by atoms with Gasteiger partial charge in [0.2, 0.25) is 0 Å². The Labute approximate surface area is 120 Å². The van der Waals surface area contributed by atoms with E-state index in [2.05, 4.69) is 40.4 Å². The maximum absolute atomic E-state index is 5.26. The third kappa shape index (κ3) is 3.48. The van der Waals surface area contributed by atoms with Crippen molar-refractivity contribution in [2.24, 2.45) is 0 Å². The van der Waals surface area contributed by atoms with Crippen molar-refractivity contribution < 1.29 is 4.74 Å². The third-order valence-electron chi connectivity index (χ3n) is 3.15. The summed E-state index contributed by atoms with van der Waals surface area (Å²) < 4.78 is 5.26. The number of benzene rings is 1. The van der Waals surface area contributed by atoms with Gasteiger partial charge in [0, 0.05) is 31.9 Å². The number of pyridine rings is 1. The van der Waals surface area contributed by atoms with Crippen molar-refractivity contribution in [2.75, 3.05) is 26.1 Å². The van der Waals surface area contributed by atoms with Gasteiger partial charge in [-0.3, -0.25) is 0 Å². The molecule has 0 aliphatic rings. The van der Waals surface area contributed by atoms with Crippen molar-refractivity contribution in [1.82, 2.24) is 10.3 Å². The highest BCUT2D eigenvalue weighted by Crippen LogP contribution is 2.19. The summed E-state index contributed by atoms with van der Waals surface area (Å²) in [5, 5.41) is 3.17. The first-order valence-electron chi connectivity index (χ1n) is 6.67. The zero-order chi connectivity index (χ0) is 14.4. The highest BCUT2D eigenvalue weighted by atomic mass is 16.5. The maximum atomic E-state index is 5.26. The van der Waals surface area contributed by atoms with E-state index in [-0.39, 0.29) is 0 Å². The number of hydrogen-bond donors (Lipinski definition) is 1. The lowest BCUT2D eigenvalue weighted by atomic mass is 10.2. The van der Waals surface area contributed by atoms with Gasteiger partial charge in [-0.1, -0.05) is 18.2 Å². The van der Waals surface area contributed by atoms with Crippen LogP contribution in [0.25, 0.3) is 0 Å². The Morgan fingerprint density at radius 3 is 2.85 bits per heavy atom. The van der Waals surface area contributed by atoms with Crippen molar-refractivity contribution in [3.8, 4) is 5.75 Å². The molecule has 0 saturated heterocycles. The van der Waals surface area contributed by atoms with Gasteiger partial charge in [-0.05, 0) is 30.8 Å². The van der Waals surface area contributed by atoms with E-state index in [0.717, 1.165) is 24.7 Å². The second kappa shape index (κ2) is 6.91. The number of anilines is 1. The molecule has 4 heteroatoms. The van der Waals surface area contributed by atoms with Crippen molar-refractivity contribution in [2.45, 2.75) is 13.1 Å². The summed E-state index contributed by atoms with van der Waals surface area (Å²) in [5.41, 5.74) is 2.40. The van der Waals surface area contributed by atoms with Crippen molar-refractivity contribution in [1.29, 1.82) is 0 Å². The molecule has 0 spiro atoms. The van der Waals surface area contributed by atoms with Crippen molar-refractivity contribution in [3.05, 3.63) is 53.7 Å². The summed E-state index contributed by atoms with van der Waals surface area (Å²) in [5.74, 6) is 1.89. The van der Waals surface area contributed by atoms with E-state index in [0.29, 0.717) is 0 Å². The van der Waals surface area contributed by atoms with Crippen LogP contribution in [-0.4, -0.2) is 26.2 Å².